The quantitative estimate of drug-likeness (QED) is 0.576. The van der Waals surface area contributed by atoms with Crippen molar-refractivity contribution in [2.75, 3.05) is 32.8 Å². The molecule has 17 heavy (non-hydrogen) atoms. The van der Waals surface area contributed by atoms with Gasteiger partial charge in [0, 0.05) is 25.2 Å². The predicted octanol–water partition coefficient (Wildman–Crippen LogP) is 0.645. The van der Waals surface area contributed by atoms with Crippen LogP contribution in [0.15, 0.2) is 12.2 Å². The summed E-state index contributed by atoms with van der Waals surface area (Å²) in [4.78, 5) is 13.6. The highest BCUT2D eigenvalue weighted by molar-refractivity contribution is 5.81. The summed E-state index contributed by atoms with van der Waals surface area (Å²) in [5.74, 6) is 1.34. The molecule has 1 N–H and O–H groups in total. The summed E-state index contributed by atoms with van der Waals surface area (Å²) >= 11 is 0. The largest absolute Gasteiger partial charge is 0.463 e. The number of carbonyl (C=O) groups is 1. The molecule has 0 radical (unpaired) electrons. The van der Waals surface area contributed by atoms with Crippen LogP contribution >= 0.6 is 0 Å². The minimum Gasteiger partial charge on any atom is -0.463 e. The van der Waals surface area contributed by atoms with Gasteiger partial charge < -0.3 is 10.1 Å². The molecular formula is C13H22N2O2. The lowest BCUT2D eigenvalue weighted by atomic mass is 9.95. The molecule has 0 amide bonds. The lowest BCUT2D eigenvalue weighted by Crippen LogP contribution is -2.33. The van der Waals surface area contributed by atoms with Crippen LogP contribution in [0.2, 0.25) is 0 Å². The van der Waals surface area contributed by atoms with Crippen LogP contribution in [0.3, 0.4) is 0 Å². The van der Waals surface area contributed by atoms with Crippen molar-refractivity contribution in [2.45, 2.75) is 19.9 Å². The highest BCUT2D eigenvalue weighted by Gasteiger charge is 2.40. The van der Waals surface area contributed by atoms with Crippen molar-refractivity contribution in [1.29, 1.82) is 0 Å². The second kappa shape index (κ2) is 5.65. The van der Waals surface area contributed by atoms with Crippen LogP contribution in [0.25, 0.3) is 0 Å². The highest BCUT2D eigenvalue weighted by Crippen LogP contribution is 2.31. The molecule has 0 spiro atoms. The molecule has 0 aliphatic carbocycles. The zero-order chi connectivity index (χ0) is 12.3. The lowest BCUT2D eigenvalue weighted by molar-refractivity contribution is -0.137. The van der Waals surface area contributed by atoms with Gasteiger partial charge in [-0.25, -0.2) is 4.79 Å². The fraction of sp³-hybridized carbons (Fsp3) is 0.769. The first-order chi connectivity index (χ1) is 8.22. The van der Waals surface area contributed by atoms with E-state index in [1.807, 2.05) is 13.0 Å². The van der Waals surface area contributed by atoms with Gasteiger partial charge in [-0.05, 0) is 38.8 Å². The molecule has 96 valence electrons. The Labute approximate surface area is 103 Å². The summed E-state index contributed by atoms with van der Waals surface area (Å²) in [5.41, 5.74) is 0. The van der Waals surface area contributed by atoms with Gasteiger partial charge in [-0.1, -0.05) is 6.08 Å². The smallest absolute Gasteiger partial charge is 0.330 e. The van der Waals surface area contributed by atoms with Crippen molar-refractivity contribution < 1.29 is 9.53 Å². The highest BCUT2D eigenvalue weighted by atomic mass is 16.5. The standard InChI is InChI=1S/C13H22N2O2/c1-3-17-13(16)5-4-6-15-9-11-7-14-8-12(11)10(15)2/h4-5,10-12,14H,3,6-9H2,1-2H3/b5-4+. The molecule has 3 atom stereocenters. The Morgan fingerprint density at radius 2 is 2.35 bits per heavy atom. The maximum atomic E-state index is 11.2. The van der Waals surface area contributed by atoms with Crippen LogP contribution in [0.5, 0.6) is 0 Å². The molecule has 2 saturated heterocycles. The Morgan fingerprint density at radius 3 is 3.06 bits per heavy atom. The van der Waals surface area contributed by atoms with Gasteiger partial charge in [-0.15, -0.1) is 0 Å². The fourth-order valence-corrected chi connectivity index (χ4v) is 2.97. The van der Waals surface area contributed by atoms with Gasteiger partial charge in [-0.2, -0.15) is 0 Å². The van der Waals surface area contributed by atoms with Crippen molar-refractivity contribution >= 4 is 5.97 Å². The normalized spacial score (nSPS) is 33.2. The molecule has 3 unspecified atom stereocenters. The Morgan fingerprint density at radius 1 is 1.53 bits per heavy atom. The Bertz CT molecular complexity index is 304. The van der Waals surface area contributed by atoms with Crippen LogP contribution < -0.4 is 5.32 Å². The summed E-state index contributed by atoms with van der Waals surface area (Å²) in [6, 6.07) is 0.613. The maximum Gasteiger partial charge on any atom is 0.330 e. The van der Waals surface area contributed by atoms with Crippen LogP contribution in [0.1, 0.15) is 13.8 Å². The first kappa shape index (κ1) is 12.6. The minimum atomic E-state index is -0.235. The van der Waals surface area contributed by atoms with Crippen LogP contribution in [0.4, 0.5) is 0 Å². The van der Waals surface area contributed by atoms with Crippen LogP contribution in [-0.2, 0) is 9.53 Å². The zero-order valence-corrected chi connectivity index (χ0v) is 10.7. The number of hydrogen-bond donors (Lipinski definition) is 1. The number of nitrogens with one attached hydrogen (secondary N) is 1. The molecule has 2 fully saturated rings. The Balaban J connectivity index is 1.79. The summed E-state index contributed by atoms with van der Waals surface area (Å²) < 4.78 is 4.85. The third-order valence-electron chi connectivity index (χ3n) is 3.94. The van der Waals surface area contributed by atoms with Crippen LogP contribution in [0, 0.1) is 11.8 Å². The SMILES string of the molecule is CCOC(=O)/C=C/CN1CC2CNCC2C1C. The van der Waals surface area contributed by atoms with E-state index in [2.05, 4.69) is 17.1 Å². The van der Waals surface area contributed by atoms with Crippen molar-refractivity contribution in [3.8, 4) is 0 Å². The molecule has 0 aromatic carbocycles. The molecule has 2 heterocycles. The van der Waals surface area contributed by atoms with E-state index in [4.69, 9.17) is 4.74 Å². The first-order valence-corrected chi connectivity index (χ1v) is 6.50. The molecular weight excluding hydrogens is 216 g/mol. The second-order valence-electron chi connectivity index (χ2n) is 4.93. The zero-order valence-electron chi connectivity index (χ0n) is 10.7. The number of ether oxygens (including phenoxy) is 1. The van der Waals surface area contributed by atoms with Gasteiger partial charge in [0.05, 0.1) is 6.61 Å². The van der Waals surface area contributed by atoms with Crippen molar-refractivity contribution in [1.82, 2.24) is 10.2 Å². The van der Waals surface area contributed by atoms with E-state index in [0.29, 0.717) is 12.6 Å². The van der Waals surface area contributed by atoms with E-state index in [9.17, 15) is 4.79 Å². The van der Waals surface area contributed by atoms with E-state index in [1.165, 1.54) is 0 Å². The number of nitrogens with zero attached hydrogens (tertiary/aromatic N) is 1. The van der Waals surface area contributed by atoms with Gasteiger partial charge >= 0.3 is 5.97 Å². The molecule has 4 nitrogen and oxygen atoms in total. The molecule has 0 saturated carbocycles. The second-order valence-corrected chi connectivity index (χ2v) is 4.93. The fourth-order valence-electron chi connectivity index (χ4n) is 2.97. The van der Waals surface area contributed by atoms with Gasteiger partial charge in [0.1, 0.15) is 0 Å². The summed E-state index contributed by atoms with van der Waals surface area (Å²) in [7, 11) is 0. The van der Waals surface area contributed by atoms with E-state index >= 15 is 0 Å². The Kier molecular flexibility index (Phi) is 4.18. The monoisotopic (exact) mass is 238 g/mol. The van der Waals surface area contributed by atoms with Crippen LogP contribution in [-0.4, -0.2) is 49.7 Å². The van der Waals surface area contributed by atoms with Gasteiger partial charge in [0.15, 0.2) is 0 Å². The van der Waals surface area contributed by atoms with Gasteiger partial charge in [0.2, 0.25) is 0 Å². The third kappa shape index (κ3) is 2.87. The topological polar surface area (TPSA) is 41.6 Å². The average molecular weight is 238 g/mol. The van der Waals surface area contributed by atoms with Gasteiger partial charge in [0.25, 0.3) is 0 Å². The molecule has 2 aliphatic heterocycles. The lowest BCUT2D eigenvalue weighted by Gasteiger charge is -2.22. The predicted molar refractivity (Wildman–Crippen MR) is 66.7 cm³/mol. The van der Waals surface area contributed by atoms with Crippen molar-refractivity contribution in [3.05, 3.63) is 12.2 Å². The maximum absolute atomic E-state index is 11.2. The van der Waals surface area contributed by atoms with E-state index in [1.54, 1.807) is 6.08 Å². The molecule has 2 rings (SSSR count). The minimum absolute atomic E-state index is 0.235. The number of rotatable bonds is 4. The number of likely N-dealkylation sites (tertiary alicyclic amines) is 1. The average Bonchev–Trinajstić information content (AvgIpc) is 2.84. The number of fused-ring (bicyclic) bond motifs is 1. The molecule has 0 aromatic rings. The summed E-state index contributed by atoms with van der Waals surface area (Å²) in [6.45, 7) is 8.84. The first-order valence-electron chi connectivity index (χ1n) is 6.50. The summed E-state index contributed by atoms with van der Waals surface area (Å²) in [5, 5.41) is 3.45. The van der Waals surface area contributed by atoms with Crippen molar-refractivity contribution in [2.24, 2.45) is 11.8 Å². The third-order valence-corrected chi connectivity index (χ3v) is 3.94. The number of carbonyl (C=O) groups excluding carboxylic acids is 1. The summed E-state index contributed by atoms with van der Waals surface area (Å²) in [6.07, 6.45) is 3.46. The van der Waals surface area contributed by atoms with Crippen molar-refractivity contribution in [3.63, 3.8) is 0 Å². The molecule has 2 aliphatic rings. The number of esters is 1. The molecule has 0 bridgehead atoms. The van der Waals surface area contributed by atoms with E-state index in [-0.39, 0.29) is 5.97 Å². The van der Waals surface area contributed by atoms with E-state index < -0.39 is 0 Å². The molecule has 4 heteroatoms. The molecule has 0 aromatic heterocycles. The Hall–Kier alpha value is -0.870. The van der Waals surface area contributed by atoms with Gasteiger partial charge in [-0.3, -0.25) is 4.90 Å². The van der Waals surface area contributed by atoms with E-state index in [0.717, 1.165) is 38.0 Å². The number of hydrogen-bond acceptors (Lipinski definition) is 4.